The summed E-state index contributed by atoms with van der Waals surface area (Å²) in [5.41, 5.74) is 0. The molecular formula is C12H12BCl2NTi. The molecule has 0 N–H and O–H groups in total. The quantitative estimate of drug-likeness (QED) is 0.363. The maximum atomic E-state index is 3.90. The molecule has 0 saturated carbocycles. The average Bonchev–Trinajstić information content (AvgIpc) is 2.92. The van der Waals surface area contributed by atoms with Crippen LogP contribution in [0, 0.1) is 6.32 Å². The van der Waals surface area contributed by atoms with E-state index in [0.717, 1.165) is 13.0 Å². The second kappa shape index (κ2) is 11.0. The first-order valence-electron chi connectivity index (χ1n) is 4.89. The van der Waals surface area contributed by atoms with Gasteiger partial charge in [0.2, 0.25) is 0 Å². The van der Waals surface area contributed by atoms with E-state index < -0.39 is 0 Å². The first-order valence-corrected chi connectivity index (χ1v) is 4.89. The summed E-state index contributed by atoms with van der Waals surface area (Å²) in [4.78, 5) is 3.90. The Hall–Kier alpha value is -0.141. The van der Waals surface area contributed by atoms with Crippen molar-refractivity contribution in [2.75, 3.05) is 6.54 Å². The van der Waals surface area contributed by atoms with Crippen molar-refractivity contribution in [1.29, 1.82) is 0 Å². The van der Waals surface area contributed by atoms with E-state index in [4.69, 9.17) is 0 Å². The first-order chi connectivity index (χ1) is 6.97. The molecule has 5 heteroatoms. The fourth-order valence-electron chi connectivity index (χ4n) is 1.44. The second-order valence-corrected chi connectivity index (χ2v) is 3.23. The van der Waals surface area contributed by atoms with Crippen LogP contribution in [0.15, 0.2) is 47.4 Å². The van der Waals surface area contributed by atoms with Crippen LogP contribution in [0.25, 0.3) is 10.8 Å². The molecule has 0 atom stereocenters. The van der Waals surface area contributed by atoms with Crippen molar-refractivity contribution in [2.45, 2.75) is 6.42 Å². The molecule has 0 saturated heterocycles. The normalized spacial score (nSPS) is 10.6. The SMILES string of the molecule is B1=NCC[CH-]1.[Cl-].[Cl-].[Ti+4].c1ccc2[cH-]ccc2c1. The molecule has 0 radical (unpaired) electrons. The molecule has 0 aliphatic carbocycles. The Kier molecular flexibility index (Phi) is 12.4. The van der Waals surface area contributed by atoms with Gasteiger partial charge in [-0.25, -0.2) is 0 Å². The maximum Gasteiger partial charge on any atom is 4.00 e. The minimum absolute atomic E-state index is 0. The van der Waals surface area contributed by atoms with Crippen LogP contribution in [-0.2, 0) is 21.7 Å². The van der Waals surface area contributed by atoms with Crippen molar-refractivity contribution in [3.8, 4) is 0 Å². The predicted octanol–water partition coefficient (Wildman–Crippen LogP) is -3.00. The van der Waals surface area contributed by atoms with Gasteiger partial charge in [0.05, 0.1) is 0 Å². The molecule has 2 aromatic carbocycles. The van der Waals surface area contributed by atoms with Gasteiger partial charge in [-0.1, -0.05) is 6.07 Å². The van der Waals surface area contributed by atoms with E-state index in [1.807, 2.05) is 7.07 Å². The summed E-state index contributed by atoms with van der Waals surface area (Å²) in [7, 11) is 1.86. The third-order valence-corrected chi connectivity index (χ3v) is 2.18. The maximum absolute atomic E-state index is 3.90. The van der Waals surface area contributed by atoms with Crippen molar-refractivity contribution in [3.63, 3.8) is 0 Å². The summed E-state index contributed by atoms with van der Waals surface area (Å²) >= 11 is 0. The Balaban J connectivity index is 0. The van der Waals surface area contributed by atoms with E-state index in [1.165, 1.54) is 10.8 Å². The minimum Gasteiger partial charge on any atom is -1.00 e. The number of rotatable bonds is 0. The van der Waals surface area contributed by atoms with Gasteiger partial charge >= 0.3 is 53.0 Å². The molecular weight excluding hydrogens is 288 g/mol. The van der Waals surface area contributed by atoms with Gasteiger partial charge in [-0.2, -0.15) is 17.5 Å². The number of benzene rings is 1. The molecule has 2 aromatic rings. The van der Waals surface area contributed by atoms with Crippen molar-refractivity contribution < 1.29 is 46.5 Å². The Labute approximate surface area is 130 Å². The fourth-order valence-corrected chi connectivity index (χ4v) is 1.44. The number of fused-ring (bicyclic) bond motifs is 1. The molecule has 17 heavy (non-hydrogen) atoms. The van der Waals surface area contributed by atoms with Gasteiger partial charge in [0.25, 0.3) is 0 Å². The second-order valence-electron chi connectivity index (χ2n) is 3.23. The van der Waals surface area contributed by atoms with Crippen LogP contribution in [0.3, 0.4) is 0 Å². The van der Waals surface area contributed by atoms with E-state index in [9.17, 15) is 0 Å². The summed E-state index contributed by atoms with van der Waals surface area (Å²) in [5, 5.41) is 2.66. The van der Waals surface area contributed by atoms with Gasteiger partial charge in [0, 0.05) is 0 Å². The van der Waals surface area contributed by atoms with Gasteiger partial charge in [-0.3, -0.25) is 0 Å². The zero-order valence-electron chi connectivity index (χ0n) is 9.31. The molecule has 0 aromatic heterocycles. The Morgan fingerprint density at radius 2 is 1.88 bits per heavy atom. The van der Waals surface area contributed by atoms with Crippen LogP contribution in [0.2, 0.25) is 0 Å². The first kappa shape index (κ1) is 19.2. The van der Waals surface area contributed by atoms with Crippen LogP contribution < -0.4 is 24.8 Å². The van der Waals surface area contributed by atoms with Gasteiger partial charge in [-0.05, 0) is 0 Å². The van der Waals surface area contributed by atoms with Crippen molar-refractivity contribution in [2.24, 2.45) is 4.90 Å². The smallest absolute Gasteiger partial charge is 1.00 e. The third kappa shape index (κ3) is 6.38. The fraction of sp³-hybridized carbons (Fsp3) is 0.167. The molecule has 1 heterocycles. The minimum atomic E-state index is 0. The summed E-state index contributed by atoms with van der Waals surface area (Å²) in [6.07, 6.45) is 3.22. The van der Waals surface area contributed by atoms with E-state index >= 15 is 0 Å². The topological polar surface area (TPSA) is 12.4 Å². The van der Waals surface area contributed by atoms with Crippen LogP contribution in [0.4, 0.5) is 0 Å². The molecule has 86 valence electrons. The number of halogens is 2. The van der Waals surface area contributed by atoms with E-state index in [2.05, 4.69) is 53.7 Å². The average molecular weight is 300 g/mol. The number of hydrogen-bond donors (Lipinski definition) is 0. The van der Waals surface area contributed by atoms with E-state index in [0.29, 0.717) is 0 Å². The molecule has 3 rings (SSSR count). The zero-order chi connectivity index (χ0) is 9.64. The van der Waals surface area contributed by atoms with Crippen molar-refractivity contribution in [3.05, 3.63) is 48.8 Å². The third-order valence-electron chi connectivity index (χ3n) is 2.18. The van der Waals surface area contributed by atoms with Crippen LogP contribution in [-0.4, -0.2) is 13.6 Å². The number of hydrogen-bond acceptors (Lipinski definition) is 1. The van der Waals surface area contributed by atoms with Crippen LogP contribution >= 0.6 is 0 Å². The van der Waals surface area contributed by atoms with Gasteiger partial charge in [0.1, 0.15) is 0 Å². The monoisotopic (exact) mass is 299 g/mol. The van der Waals surface area contributed by atoms with Crippen molar-refractivity contribution in [1.82, 2.24) is 0 Å². The van der Waals surface area contributed by atoms with Crippen LogP contribution in [0.5, 0.6) is 0 Å². The van der Waals surface area contributed by atoms with Crippen molar-refractivity contribution >= 4 is 17.8 Å². The zero-order valence-corrected chi connectivity index (χ0v) is 12.4. The Morgan fingerprint density at radius 3 is 2.41 bits per heavy atom. The predicted molar refractivity (Wildman–Crippen MR) is 61.5 cm³/mol. The summed E-state index contributed by atoms with van der Waals surface area (Å²) in [5.74, 6) is 0. The van der Waals surface area contributed by atoms with Gasteiger partial charge in [-0.15, -0.1) is 29.7 Å². The van der Waals surface area contributed by atoms with Gasteiger partial charge in [0.15, 0.2) is 0 Å². The molecule has 1 aliphatic heterocycles. The molecule has 0 spiro atoms. The van der Waals surface area contributed by atoms with Gasteiger partial charge < -0.3 is 24.8 Å². The summed E-state index contributed by atoms with van der Waals surface area (Å²) < 4.78 is 0. The molecule has 0 unspecified atom stereocenters. The molecule has 1 nitrogen and oxygen atoms in total. The Morgan fingerprint density at radius 1 is 1.12 bits per heavy atom. The van der Waals surface area contributed by atoms with E-state index in [-0.39, 0.29) is 46.5 Å². The molecule has 0 fully saturated rings. The largest absolute Gasteiger partial charge is 4.00 e. The summed E-state index contributed by atoms with van der Waals surface area (Å²) in [6, 6.07) is 14.7. The number of nitrogens with zero attached hydrogens (tertiary/aromatic N) is 1. The standard InChI is InChI=1S/C9H7.C3H5BN.2ClH.Ti/c1-2-5-9-7-3-6-8(9)4-1;1-2-4-5-3-1;;;/h1-7H;2H,1,3H2;2*1H;/q2*-1;;;+4/p-2. The molecule has 1 aliphatic rings. The van der Waals surface area contributed by atoms with E-state index in [1.54, 1.807) is 0 Å². The summed E-state index contributed by atoms with van der Waals surface area (Å²) in [6.45, 7) is 1.01. The van der Waals surface area contributed by atoms with Crippen LogP contribution in [0.1, 0.15) is 6.42 Å². The Bertz CT molecular complexity index is 395. The molecule has 0 bridgehead atoms. The molecule has 0 amide bonds.